The number of hydrogen-bond donors (Lipinski definition) is 3. The van der Waals surface area contributed by atoms with Gasteiger partial charge in [-0.05, 0) is 54.3 Å². The molecule has 1 aromatic heterocycles. The van der Waals surface area contributed by atoms with Crippen molar-refractivity contribution in [3.63, 3.8) is 0 Å². The summed E-state index contributed by atoms with van der Waals surface area (Å²) in [7, 11) is -2.78. The summed E-state index contributed by atoms with van der Waals surface area (Å²) < 4.78 is 45.6. The Bertz CT molecular complexity index is 1440. The highest BCUT2D eigenvalue weighted by Gasteiger charge is 2.38. The minimum Gasteiger partial charge on any atom is -0.494 e. The van der Waals surface area contributed by atoms with E-state index in [1.54, 1.807) is 12.1 Å². The van der Waals surface area contributed by atoms with E-state index in [9.17, 15) is 17.6 Å². The Balaban J connectivity index is 1.27. The molecule has 7 nitrogen and oxygen atoms in total. The van der Waals surface area contributed by atoms with E-state index < -0.39 is 20.5 Å². The van der Waals surface area contributed by atoms with Crippen LogP contribution in [0.1, 0.15) is 85.1 Å². The third-order valence-corrected chi connectivity index (χ3v) is 10.2. The van der Waals surface area contributed by atoms with Crippen LogP contribution < -0.4 is 15.4 Å². The van der Waals surface area contributed by atoms with Gasteiger partial charge >= 0.3 is 0 Å². The molecule has 3 N–H and O–H groups in total. The summed E-state index contributed by atoms with van der Waals surface area (Å²) in [6, 6.07) is 12.1. The maximum absolute atomic E-state index is 14.6. The second kappa shape index (κ2) is 12.1. The molecule has 2 heterocycles. The average Bonchev–Trinajstić information content (AvgIpc) is 3.42. The van der Waals surface area contributed by atoms with Crippen molar-refractivity contribution in [2.45, 2.75) is 86.1 Å². The molecule has 3 aromatic rings. The van der Waals surface area contributed by atoms with Gasteiger partial charge in [-0.3, -0.25) is 4.79 Å². The predicted molar refractivity (Wildman–Crippen MR) is 152 cm³/mol. The number of sulfone groups is 1. The normalized spacial score (nSPS) is 17.6. The standard InChI is InChI=1S/C31H38FN3O4S/c1-39-26-10-9-11-27(28(26)32)40(37,38)24-14-12-22(13-15-24)19-34-30(36)25-18-23-20-33-21-31(29(23)35-25)16-7-5-3-2-4-6-8-17-31/h9-15,18,33,35H,2-8,16-17,19-21H2,1H3,(H,34,36). The van der Waals surface area contributed by atoms with E-state index in [0.717, 1.165) is 31.5 Å². The number of carbonyl (C=O) groups excluding carboxylic acids is 1. The topological polar surface area (TPSA) is 100 Å². The van der Waals surface area contributed by atoms with Gasteiger partial charge < -0.3 is 20.4 Å². The molecular weight excluding hydrogens is 529 g/mol. The van der Waals surface area contributed by atoms with Crippen LogP contribution in [0.3, 0.4) is 0 Å². The zero-order valence-electron chi connectivity index (χ0n) is 23.0. The van der Waals surface area contributed by atoms with Gasteiger partial charge in [0, 0.05) is 30.7 Å². The van der Waals surface area contributed by atoms with Crippen LogP contribution in [0.15, 0.2) is 58.3 Å². The Kier molecular flexibility index (Phi) is 8.61. The van der Waals surface area contributed by atoms with Gasteiger partial charge in [0.05, 0.1) is 12.0 Å². The maximum atomic E-state index is 14.6. The number of methoxy groups -OCH3 is 1. The lowest BCUT2D eigenvalue weighted by Gasteiger charge is -2.38. The molecule has 0 unspecified atom stereocenters. The lowest BCUT2D eigenvalue weighted by atomic mass is 9.72. The van der Waals surface area contributed by atoms with Crippen LogP contribution in [0.2, 0.25) is 0 Å². The third kappa shape index (κ3) is 5.81. The first-order valence-corrected chi connectivity index (χ1v) is 15.7. The van der Waals surface area contributed by atoms with Crippen molar-refractivity contribution in [2.24, 2.45) is 0 Å². The van der Waals surface area contributed by atoms with Crippen molar-refractivity contribution in [3.8, 4) is 5.75 Å². The largest absolute Gasteiger partial charge is 0.494 e. The summed E-state index contributed by atoms with van der Waals surface area (Å²) in [5, 5.41) is 6.56. The first-order chi connectivity index (χ1) is 19.3. The summed E-state index contributed by atoms with van der Waals surface area (Å²) in [5.41, 5.74) is 3.73. The van der Waals surface area contributed by atoms with Crippen molar-refractivity contribution in [2.75, 3.05) is 13.7 Å². The Labute approximate surface area is 235 Å². The van der Waals surface area contributed by atoms with E-state index in [-0.39, 0.29) is 28.5 Å². The number of ether oxygens (including phenoxy) is 1. The van der Waals surface area contributed by atoms with Crippen LogP contribution in [0.25, 0.3) is 0 Å². The molecule has 2 aromatic carbocycles. The fourth-order valence-corrected chi connectivity index (χ4v) is 7.51. The fraction of sp³-hybridized carbons (Fsp3) is 0.452. The Morgan fingerprint density at radius 3 is 2.35 bits per heavy atom. The number of carbonyl (C=O) groups is 1. The number of aromatic amines is 1. The molecular formula is C31H38FN3O4S. The molecule has 1 aliphatic carbocycles. The van der Waals surface area contributed by atoms with Crippen LogP contribution in [0, 0.1) is 5.82 Å². The van der Waals surface area contributed by atoms with Gasteiger partial charge in [-0.1, -0.05) is 63.1 Å². The first-order valence-electron chi connectivity index (χ1n) is 14.2. The number of benzene rings is 2. The van der Waals surface area contributed by atoms with Gasteiger partial charge in [0.15, 0.2) is 11.6 Å². The number of hydrogen-bond acceptors (Lipinski definition) is 5. The van der Waals surface area contributed by atoms with Crippen LogP contribution in [0.4, 0.5) is 4.39 Å². The zero-order chi connectivity index (χ0) is 28.2. The molecule has 214 valence electrons. The second-order valence-electron chi connectivity index (χ2n) is 11.0. The molecule has 1 amide bonds. The monoisotopic (exact) mass is 567 g/mol. The van der Waals surface area contributed by atoms with Crippen molar-refractivity contribution in [3.05, 3.63) is 76.9 Å². The van der Waals surface area contributed by atoms with E-state index in [1.165, 1.54) is 93.6 Å². The number of rotatable bonds is 6. The van der Waals surface area contributed by atoms with Crippen LogP contribution in [0.5, 0.6) is 5.75 Å². The molecule has 1 spiro atoms. The van der Waals surface area contributed by atoms with Crippen molar-refractivity contribution < 1.29 is 22.3 Å². The second-order valence-corrected chi connectivity index (χ2v) is 13.0. The molecule has 1 saturated carbocycles. The molecule has 1 fully saturated rings. The fourth-order valence-electron chi connectivity index (χ4n) is 6.17. The van der Waals surface area contributed by atoms with Crippen LogP contribution in [-0.4, -0.2) is 33.0 Å². The van der Waals surface area contributed by atoms with E-state index in [0.29, 0.717) is 5.69 Å². The van der Waals surface area contributed by atoms with Gasteiger partial charge in [0.2, 0.25) is 9.84 Å². The first kappa shape index (κ1) is 28.4. The highest BCUT2D eigenvalue weighted by atomic mass is 32.2. The average molecular weight is 568 g/mol. The molecule has 0 atom stereocenters. The SMILES string of the molecule is COc1cccc(S(=O)(=O)c2ccc(CNC(=O)c3cc4c([nH]3)C3(CCCCCCCCC3)CNC4)cc2)c1F. The number of H-pyrrole nitrogens is 1. The molecule has 1 aliphatic heterocycles. The Morgan fingerprint density at radius 2 is 1.68 bits per heavy atom. The van der Waals surface area contributed by atoms with E-state index in [1.807, 2.05) is 6.07 Å². The summed E-state index contributed by atoms with van der Waals surface area (Å²) in [6.45, 7) is 1.93. The lowest BCUT2D eigenvalue weighted by molar-refractivity contribution is 0.0946. The molecule has 0 saturated heterocycles. The highest BCUT2D eigenvalue weighted by molar-refractivity contribution is 7.91. The number of halogens is 1. The minimum absolute atomic E-state index is 0.0322. The van der Waals surface area contributed by atoms with E-state index in [4.69, 9.17) is 4.74 Å². The van der Waals surface area contributed by atoms with Crippen LogP contribution >= 0.6 is 0 Å². The van der Waals surface area contributed by atoms with Gasteiger partial charge in [0.25, 0.3) is 5.91 Å². The van der Waals surface area contributed by atoms with E-state index in [2.05, 4.69) is 15.6 Å². The molecule has 0 bridgehead atoms. The number of fused-ring (bicyclic) bond motifs is 2. The number of amides is 1. The molecule has 40 heavy (non-hydrogen) atoms. The minimum atomic E-state index is -4.07. The Hall–Kier alpha value is -3.17. The predicted octanol–water partition coefficient (Wildman–Crippen LogP) is 5.79. The molecule has 2 aliphatic rings. The third-order valence-electron chi connectivity index (χ3n) is 8.39. The highest BCUT2D eigenvalue weighted by Crippen LogP contribution is 2.40. The Morgan fingerprint density at radius 1 is 1.00 bits per heavy atom. The maximum Gasteiger partial charge on any atom is 0.267 e. The van der Waals surface area contributed by atoms with Crippen molar-refractivity contribution in [1.82, 2.24) is 15.6 Å². The van der Waals surface area contributed by atoms with Gasteiger partial charge in [0.1, 0.15) is 10.6 Å². The van der Waals surface area contributed by atoms with Crippen molar-refractivity contribution in [1.29, 1.82) is 0 Å². The zero-order valence-corrected chi connectivity index (χ0v) is 23.8. The quantitative estimate of drug-likeness (QED) is 0.350. The summed E-state index contributed by atoms with van der Waals surface area (Å²) in [4.78, 5) is 16.2. The van der Waals surface area contributed by atoms with E-state index >= 15 is 0 Å². The van der Waals surface area contributed by atoms with Crippen LogP contribution in [-0.2, 0) is 28.3 Å². The van der Waals surface area contributed by atoms with Gasteiger partial charge in [-0.2, -0.15) is 0 Å². The number of nitrogens with one attached hydrogen (secondary N) is 3. The molecule has 0 radical (unpaired) electrons. The number of aromatic nitrogens is 1. The lowest BCUT2D eigenvalue weighted by Crippen LogP contribution is -2.43. The molecule has 9 heteroatoms. The smallest absolute Gasteiger partial charge is 0.267 e. The van der Waals surface area contributed by atoms with Crippen molar-refractivity contribution >= 4 is 15.7 Å². The summed E-state index contributed by atoms with van der Waals surface area (Å²) >= 11 is 0. The van der Waals surface area contributed by atoms with Gasteiger partial charge in [-0.15, -0.1) is 0 Å². The molecule has 5 rings (SSSR count). The summed E-state index contributed by atoms with van der Waals surface area (Å²) in [5.74, 6) is -1.24. The van der Waals surface area contributed by atoms with Gasteiger partial charge in [-0.25, -0.2) is 12.8 Å². The summed E-state index contributed by atoms with van der Waals surface area (Å²) in [6.07, 6.45) is 11.1.